The van der Waals surface area contributed by atoms with Crippen molar-refractivity contribution >= 4 is 28.6 Å². The second-order valence-electron chi connectivity index (χ2n) is 5.14. The number of para-hydroxylation sites is 1. The number of hydrogen-bond donors (Lipinski definition) is 2. The summed E-state index contributed by atoms with van der Waals surface area (Å²) in [6.07, 6.45) is 1.84. The Morgan fingerprint density at radius 2 is 1.73 bits per heavy atom. The Hall–Kier alpha value is -3.14. The van der Waals surface area contributed by atoms with Crippen LogP contribution in [0, 0.1) is 0 Å². The zero-order chi connectivity index (χ0) is 14.9. The van der Waals surface area contributed by atoms with Crippen LogP contribution in [0.5, 0.6) is 0 Å². The van der Waals surface area contributed by atoms with Crippen LogP contribution in [0.4, 0.5) is 0 Å². The standard InChI is InChI=1S/C18H13N3O/c22-18-15(17(20-21-18)12-6-2-1-3-7-12)11-14-10-13-8-4-5-9-16(13)19-14/h1-11,19H,(H,21,22)/b15-11+. The van der Waals surface area contributed by atoms with Crippen LogP contribution < -0.4 is 5.43 Å². The Morgan fingerprint density at radius 1 is 0.955 bits per heavy atom. The van der Waals surface area contributed by atoms with E-state index in [4.69, 9.17) is 0 Å². The smallest absolute Gasteiger partial charge is 0.273 e. The van der Waals surface area contributed by atoms with Crippen molar-refractivity contribution < 1.29 is 4.79 Å². The van der Waals surface area contributed by atoms with Crippen LogP contribution in [0.25, 0.3) is 17.0 Å². The molecule has 0 radical (unpaired) electrons. The molecule has 2 heterocycles. The Kier molecular flexibility index (Phi) is 2.86. The lowest BCUT2D eigenvalue weighted by Gasteiger charge is -2.00. The van der Waals surface area contributed by atoms with Crippen molar-refractivity contribution in [3.8, 4) is 0 Å². The van der Waals surface area contributed by atoms with E-state index < -0.39 is 0 Å². The first-order valence-corrected chi connectivity index (χ1v) is 7.04. The predicted octanol–water partition coefficient (Wildman–Crippen LogP) is 3.09. The molecule has 2 N–H and O–H groups in total. The number of carbonyl (C=O) groups excluding carboxylic acids is 1. The average Bonchev–Trinajstić information content (AvgIpc) is 3.12. The molecule has 4 rings (SSSR count). The topological polar surface area (TPSA) is 57.2 Å². The van der Waals surface area contributed by atoms with Gasteiger partial charge in [0.2, 0.25) is 0 Å². The summed E-state index contributed by atoms with van der Waals surface area (Å²) in [4.78, 5) is 15.4. The van der Waals surface area contributed by atoms with Crippen molar-refractivity contribution in [1.29, 1.82) is 0 Å². The largest absolute Gasteiger partial charge is 0.355 e. The van der Waals surface area contributed by atoms with E-state index in [0.717, 1.165) is 22.2 Å². The van der Waals surface area contributed by atoms with Gasteiger partial charge in [-0.1, -0.05) is 48.5 Å². The number of benzene rings is 2. The van der Waals surface area contributed by atoms with Gasteiger partial charge in [-0.2, -0.15) is 5.10 Å². The van der Waals surface area contributed by atoms with Crippen LogP contribution in [0.1, 0.15) is 11.3 Å². The third-order valence-corrected chi connectivity index (χ3v) is 3.67. The fourth-order valence-corrected chi connectivity index (χ4v) is 2.61. The summed E-state index contributed by atoms with van der Waals surface area (Å²) in [7, 11) is 0. The molecule has 22 heavy (non-hydrogen) atoms. The molecule has 0 atom stereocenters. The summed E-state index contributed by atoms with van der Waals surface area (Å²) in [5.74, 6) is -0.183. The molecule has 4 heteroatoms. The zero-order valence-electron chi connectivity index (χ0n) is 11.7. The number of aromatic amines is 1. The molecule has 0 saturated carbocycles. The van der Waals surface area contributed by atoms with Gasteiger partial charge >= 0.3 is 0 Å². The maximum Gasteiger partial charge on any atom is 0.273 e. The number of rotatable bonds is 2. The minimum atomic E-state index is -0.183. The fourth-order valence-electron chi connectivity index (χ4n) is 2.61. The molecule has 0 aliphatic carbocycles. The lowest BCUT2D eigenvalue weighted by molar-refractivity contribution is -0.116. The van der Waals surface area contributed by atoms with E-state index in [1.54, 1.807) is 0 Å². The van der Waals surface area contributed by atoms with Crippen molar-refractivity contribution in [2.45, 2.75) is 0 Å². The summed E-state index contributed by atoms with van der Waals surface area (Å²) in [6, 6.07) is 19.7. The highest BCUT2D eigenvalue weighted by Gasteiger charge is 2.23. The molecule has 0 bridgehead atoms. The molecular formula is C18H13N3O. The first-order valence-electron chi connectivity index (χ1n) is 7.04. The molecule has 106 valence electrons. The molecular weight excluding hydrogens is 274 g/mol. The number of nitrogens with one attached hydrogen (secondary N) is 2. The first-order chi connectivity index (χ1) is 10.8. The highest BCUT2D eigenvalue weighted by atomic mass is 16.2. The molecule has 0 fully saturated rings. The van der Waals surface area contributed by atoms with Crippen molar-refractivity contribution in [3.63, 3.8) is 0 Å². The summed E-state index contributed by atoms with van der Waals surface area (Å²) in [6.45, 7) is 0. The Bertz CT molecular complexity index is 887. The number of hydrogen-bond acceptors (Lipinski definition) is 2. The summed E-state index contributed by atoms with van der Waals surface area (Å²) >= 11 is 0. The van der Waals surface area contributed by atoms with Gasteiger partial charge in [-0.25, -0.2) is 5.43 Å². The summed E-state index contributed by atoms with van der Waals surface area (Å²) in [5, 5.41) is 5.27. The van der Waals surface area contributed by atoms with Crippen molar-refractivity contribution in [3.05, 3.63) is 77.5 Å². The van der Waals surface area contributed by atoms with Crippen LogP contribution in [-0.2, 0) is 4.79 Å². The predicted molar refractivity (Wildman–Crippen MR) is 87.4 cm³/mol. The van der Waals surface area contributed by atoms with Crippen LogP contribution in [-0.4, -0.2) is 16.6 Å². The molecule has 0 unspecified atom stereocenters. The van der Waals surface area contributed by atoms with Crippen LogP contribution in [0.2, 0.25) is 0 Å². The molecule has 1 aliphatic rings. The summed E-state index contributed by atoms with van der Waals surface area (Å²) in [5.41, 5.74) is 6.63. The number of amides is 1. The third kappa shape index (κ3) is 2.11. The van der Waals surface area contributed by atoms with Gasteiger partial charge in [-0.15, -0.1) is 0 Å². The third-order valence-electron chi connectivity index (χ3n) is 3.67. The van der Waals surface area contributed by atoms with Crippen LogP contribution >= 0.6 is 0 Å². The molecule has 3 aromatic rings. The number of aromatic nitrogens is 1. The van der Waals surface area contributed by atoms with E-state index in [-0.39, 0.29) is 5.91 Å². The molecule has 1 aromatic heterocycles. The monoisotopic (exact) mass is 287 g/mol. The Balaban J connectivity index is 1.79. The Labute approximate surface area is 127 Å². The lowest BCUT2D eigenvalue weighted by atomic mass is 10.0. The minimum absolute atomic E-state index is 0.183. The average molecular weight is 287 g/mol. The first kappa shape index (κ1) is 12.6. The van der Waals surface area contributed by atoms with Gasteiger partial charge in [-0.3, -0.25) is 4.79 Å². The van der Waals surface area contributed by atoms with E-state index in [1.807, 2.05) is 66.7 Å². The second kappa shape index (κ2) is 5.00. The van der Waals surface area contributed by atoms with Crippen molar-refractivity contribution in [2.75, 3.05) is 0 Å². The molecule has 1 amide bonds. The maximum absolute atomic E-state index is 12.1. The Morgan fingerprint density at radius 3 is 2.55 bits per heavy atom. The maximum atomic E-state index is 12.1. The fraction of sp³-hybridized carbons (Fsp3) is 0. The van der Waals surface area contributed by atoms with E-state index in [2.05, 4.69) is 15.5 Å². The highest BCUT2D eigenvalue weighted by molar-refractivity contribution is 6.33. The van der Waals surface area contributed by atoms with Crippen molar-refractivity contribution in [2.24, 2.45) is 5.10 Å². The quantitative estimate of drug-likeness (QED) is 0.699. The van der Waals surface area contributed by atoms with Gasteiger partial charge in [0.25, 0.3) is 5.91 Å². The molecule has 4 nitrogen and oxygen atoms in total. The lowest BCUT2D eigenvalue weighted by Crippen LogP contribution is -2.13. The van der Waals surface area contributed by atoms with Crippen LogP contribution in [0.15, 0.2) is 71.3 Å². The summed E-state index contributed by atoms with van der Waals surface area (Å²) < 4.78 is 0. The van der Waals surface area contributed by atoms with E-state index >= 15 is 0 Å². The minimum Gasteiger partial charge on any atom is -0.355 e. The van der Waals surface area contributed by atoms with Crippen LogP contribution in [0.3, 0.4) is 0 Å². The van der Waals surface area contributed by atoms with Gasteiger partial charge < -0.3 is 4.98 Å². The van der Waals surface area contributed by atoms with Gasteiger partial charge in [-0.05, 0) is 23.6 Å². The zero-order valence-corrected chi connectivity index (χ0v) is 11.7. The van der Waals surface area contributed by atoms with Gasteiger partial charge in [0.05, 0.1) is 5.57 Å². The number of fused-ring (bicyclic) bond motifs is 1. The van der Waals surface area contributed by atoms with E-state index in [1.165, 1.54) is 0 Å². The second-order valence-corrected chi connectivity index (χ2v) is 5.14. The molecule has 1 aliphatic heterocycles. The van der Waals surface area contributed by atoms with Crippen molar-refractivity contribution in [1.82, 2.24) is 10.4 Å². The SMILES string of the molecule is O=C1NN=C(c2ccccc2)/C1=C\c1cc2ccccc2[nH]1. The van der Waals surface area contributed by atoms with E-state index in [0.29, 0.717) is 11.3 Å². The van der Waals surface area contributed by atoms with Gasteiger partial charge in [0, 0.05) is 16.8 Å². The normalized spacial score (nSPS) is 16.1. The number of hydrazone groups is 1. The highest BCUT2D eigenvalue weighted by Crippen LogP contribution is 2.20. The number of nitrogens with zero attached hydrogens (tertiary/aromatic N) is 1. The number of carbonyl (C=O) groups is 1. The number of H-pyrrole nitrogens is 1. The molecule has 2 aromatic carbocycles. The molecule has 0 spiro atoms. The van der Waals surface area contributed by atoms with Gasteiger partial charge in [0.1, 0.15) is 5.71 Å². The van der Waals surface area contributed by atoms with Gasteiger partial charge in [0.15, 0.2) is 0 Å². The van der Waals surface area contributed by atoms with E-state index in [9.17, 15) is 4.79 Å². The molecule has 0 saturated heterocycles.